The van der Waals surface area contributed by atoms with E-state index in [1.807, 2.05) is 36.3 Å². The Bertz CT molecular complexity index is 1070. The van der Waals surface area contributed by atoms with Crippen LogP contribution in [-0.4, -0.2) is 48.6 Å². The Hall–Kier alpha value is -2.87. The van der Waals surface area contributed by atoms with Crippen molar-refractivity contribution >= 4 is 33.3 Å². The van der Waals surface area contributed by atoms with Crippen molar-refractivity contribution in [2.24, 2.45) is 0 Å². The molecule has 1 saturated heterocycles. The second-order valence-electron chi connectivity index (χ2n) is 7.05. The van der Waals surface area contributed by atoms with E-state index >= 15 is 0 Å². The van der Waals surface area contributed by atoms with Gasteiger partial charge in [-0.25, -0.2) is 9.78 Å². The van der Waals surface area contributed by atoms with Crippen LogP contribution in [-0.2, 0) is 11.2 Å². The molecule has 0 unspecified atom stereocenters. The number of anilines is 1. The molecular formula is C21H23N3O4S. The third-order valence-electron chi connectivity index (χ3n) is 5.09. The average Bonchev–Trinajstić information content (AvgIpc) is 3.25. The van der Waals surface area contributed by atoms with Crippen LogP contribution in [0.3, 0.4) is 0 Å². The fraction of sp³-hybridized carbons (Fsp3) is 0.381. The van der Waals surface area contributed by atoms with Crippen molar-refractivity contribution in [3.8, 4) is 5.75 Å². The summed E-state index contributed by atoms with van der Waals surface area (Å²) in [6.07, 6.45) is 2.47. The molecule has 0 saturated carbocycles. The molecular weight excluding hydrogens is 390 g/mol. The molecule has 1 aliphatic rings. The standard InChI is InChI=1S/C21H23N3O4S/c1-3-15-12-19(26)28-17-11-14(2)10-16(20(15)17)27-13-18(25)23-5-7-24(8-6-23)21-22-4-9-29-21/h4,9-12H,3,5-8,13H2,1-2H3. The third-order valence-corrected chi connectivity index (χ3v) is 5.92. The highest BCUT2D eigenvalue weighted by molar-refractivity contribution is 7.13. The predicted molar refractivity (Wildman–Crippen MR) is 113 cm³/mol. The molecule has 0 N–H and O–H groups in total. The van der Waals surface area contributed by atoms with Gasteiger partial charge in [-0.15, -0.1) is 11.3 Å². The van der Waals surface area contributed by atoms with Crippen LogP contribution in [0.25, 0.3) is 11.0 Å². The molecule has 0 atom stereocenters. The van der Waals surface area contributed by atoms with E-state index in [-0.39, 0.29) is 18.1 Å². The summed E-state index contributed by atoms with van der Waals surface area (Å²) < 4.78 is 11.3. The van der Waals surface area contributed by atoms with Gasteiger partial charge in [0.15, 0.2) is 11.7 Å². The van der Waals surface area contributed by atoms with E-state index in [0.717, 1.165) is 34.7 Å². The van der Waals surface area contributed by atoms with E-state index < -0.39 is 0 Å². The Morgan fingerprint density at radius 1 is 1.24 bits per heavy atom. The summed E-state index contributed by atoms with van der Waals surface area (Å²) >= 11 is 1.61. The Kier molecular flexibility index (Phi) is 5.53. The maximum Gasteiger partial charge on any atom is 0.336 e. The second kappa shape index (κ2) is 8.24. The first kappa shape index (κ1) is 19.4. The minimum Gasteiger partial charge on any atom is -0.483 e. The molecule has 0 spiro atoms. The highest BCUT2D eigenvalue weighted by Gasteiger charge is 2.23. The molecule has 3 aromatic rings. The third kappa shape index (κ3) is 4.12. The van der Waals surface area contributed by atoms with Crippen LogP contribution in [0, 0.1) is 6.92 Å². The van der Waals surface area contributed by atoms with Gasteiger partial charge in [0.05, 0.1) is 5.39 Å². The van der Waals surface area contributed by atoms with Crippen LogP contribution < -0.4 is 15.3 Å². The highest BCUT2D eigenvalue weighted by atomic mass is 32.1. The maximum atomic E-state index is 12.7. The number of benzene rings is 1. The molecule has 1 aliphatic heterocycles. The largest absolute Gasteiger partial charge is 0.483 e. The summed E-state index contributed by atoms with van der Waals surface area (Å²) in [5, 5.41) is 3.71. The van der Waals surface area contributed by atoms with Gasteiger partial charge in [-0.3, -0.25) is 4.79 Å². The summed E-state index contributed by atoms with van der Waals surface area (Å²) in [5.74, 6) is 0.532. The van der Waals surface area contributed by atoms with Crippen molar-refractivity contribution in [2.45, 2.75) is 20.3 Å². The van der Waals surface area contributed by atoms with Crippen LogP contribution in [0.15, 0.2) is 39.0 Å². The number of amides is 1. The van der Waals surface area contributed by atoms with E-state index in [4.69, 9.17) is 9.15 Å². The number of hydrogen-bond donors (Lipinski definition) is 0. The van der Waals surface area contributed by atoms with E-state index in [2.05, 4.69) is 9.88 Å². The number of ether oxygens (including phenoxy) is 1. The summed E-state index contributed by atoms with van der Waals surface area (Å²) in [5.41, 5.74) is 1.89. The molecule has 1 fully saturated rings. The number of thiazole rings is 1. The van der Waals surface area contributed by atoms with Crippen LogP contribution in [0.1, 0.15) is 18.1 Å². The van der Waals surface area contributed by atoms with Crippen molar-refractivity contribution in [3.05, 3.63) is 51.3 Å². The molecule has 3 heterocycles. The molecule has 8 heteroatoms. The van der Waals surface area contributed by atoms with Crippen molar-refractivity contribution in [3.63, 3.8) is 0 Å². The lowest BCUT2D eigenvalue weighted by atomic mass is 10.1. The average molecular weight is 413 g/mol. The summed E-state index contributed by atoms with van der Waals surface area (Å²) in [6, 6.07) is 5.20. The zero-order valence-corrected chi connectivity index (χ0v) is 17.3. The first-order valence-electron chi connectivity index (χ1n) is 9.67. The van der Waals surface area contributed by atoms with E-state index in [0.29, 0.717) is 30.8 Å². The molecule has 1 amide bonds. The lowest BCUT2D eigenvalue weighted by Crippen LogP contribution is -2.50. The summed E-state index contributed by atoms with van der Waals surface area (Å²) in [6.45, 7) is 6.65. The maximum absolute atomic E-state index is 12.7. The van der Waals surface area contributed by atoms with Crippen molar-refractivity contribution in [2.75, 3.05) is 37.7 Å². The minimum absolute atomic E-state index is 0.0436. The van der Waals surface area contributed by atoms with Gasteiger partial charge >= 0.3 is 5.63 Å². The van der Waals surface area contributed by atoms with Crippen LogP contribution in [0.5, 0.6) is 5.75 Å². The number of aryl methyl sites for hydroxylation is 2. The molecule has 152 valence electrons. The molecule has 0 aliphatic carbocycles. The van der Waals surface area contributed by atoms with Crippen LogP contribution in [0.4, 0.5) is 5.13 Å². The molecule has 0 bridgehead atoms. The molecule has 29 heavy (non-hydrogen) atoms. The van der Waals surface area contributed by atoms with Gasteiger partial charge in [-0.2, -0.15) is 0 Å². The molecule has 4 rings (SSSR count). The number of rotatable bonds is 5. The minimum atomic E-state index is -0.375. The summed E-state index contributed by atoms with van der Waals surface area (Å²) in [7, 11) is 0. The fourth-order valence-electron chi connectivity index (χ4n) is 3.61. The first-order chi connectivity index (χ1) is 14.0. The number of piperazine rings is 1. The van der Waals surface area contributed by atoms with Crippen molar-refractivity contribution < 1.29 is 13.9 Å². The molecule has 1 aromatic carbocycles. The van der Waals surface area contributed by atoms with Gasteiger partial charge in [0.25, 0.3) is 5.91 Å². The SMILES string of the molecule is CCc1cc(=O)oc2cc(C)cc(OCC(=O)N3CCN(c4nccs4)CC3)c12. The number of carbonyl (C=O) groups is 1. The predicted octanol–water partition coefficient (Wildman–Crippen LogP) is 2.85. The molecule has 2 aromatic heterocycles. The number of carbonyl (C=O) groups excluding carboxylic acids is 1. The molecule has 0 radical (unpaired) electrons. The number of nitrogens with zero attached hydrogens (tertiary/aromatic N) is 3. The number of aromatic nitrogens is 1. The Morgan fingerprint density at radius 2 is 2.03 bits per heavy atom. The lowest BCUT2D eigenvalue weighted by molar-refractivity contribution is -0.133. The van der Waals surface area contributed by atoms with Gasteiger partial charge in [0, 0.05) is 43.8 Å². The lowest BCUT2D eigenvalue weighted by Gasteiger charge is -2.34. The van der Waals surface area contributed by atoms with Crippen LogP contribution in [0.2, 0.25) is 0 Å². The Balaban J connectivity index is 1.46. The molecule has 7 nitrogen and oxygen atoms in total. The highest BCUT2D eigenvalue weighted by Crippen LogP contribution is 2.30. The Morgan fingerprint density at radius 3 is 2.72 bits per heavy atom. The first-order valence-corrected chi connectivity index (χ1v) is 10.6. The van der Waals surface area contributed by atoms with Crippen molar-refractivity contribution in [1.29, 1.82) is 0 Å². The topological polar surface area (TPSA) is 75.9 Å². The quantitative estimate of drug-likeness (QED) is 0.599. The van der Waals surface area contributed by atoms with Gasteiger partial charge in [0.1, 0.15) is 11.3 Å². The normalized spacial score (nSPS) is 14.4. The smallest absolute Gasteiger partial charge is 0.336 e. The van der Waals surface area contributed by atoms with E-state index in [1.165, 1.54) is 6.07 Å². The second-order valence-corrected chi connectivity index (χ2v) is 7.92. The van der Waals surface area contributed by atoms with Gasteiger partial charge in [0.2, 0.25) is 0 Å². The van der Waals surface area contributed by atoms with Crippen molar-refractivity contribution in [1.82, 2.24) is 9.88 Å². The van der Waals surface area contributed by atoms with Gasteiger partial charge < -0.3 is 19.0 Å². The Labute approximate surface area is 172 Å². The fourth-order valence-corrected chi connectivity index (χ4v) is 4.31. The zero-order chi connectivity index (χ0) is 20.4. The zero-order valence-electron chi connectivity index (χ0n) is 16.5. The van der Waals surface area contributed by atoms with Gasteiger partial charge in [-0.05, 0) is 36.6 Å². The number of fused-ring (bicyclic) bond motifs is 1. The summed E-state index contributed by atoms with van der Waals surface area (Å²) in [4.78, 5) is 32.8. The van der Waals surface area contributed by atoms with Gasteiger partial charge in [-0.1, -0.05) is 6.92 Å². The van der Waals surface area contributed by atoms with Crippen LogP contribution >= 0.6 is 11.3 Å². The van der Waals surface area contributed by atoms with E-state index in [9.17, 15) is 9.59 Å². The number of hydrogen-bond acceptors (Lipinski definition) is 7. The monoisotopic (exact) mass is 413 g/mol. The van der Waals surface area contributed by atoms with E-state index in [1.54, 1.807) is 17.5 Å².